The van der Waals surface area contributed by atoms with Crippen molar-refractivity contribution in [1.82, 2.24) is 10.3 Å². The molecule has 1 aromatic rings. The lowest BCUT2D eigenvalue weighted by molar-refractivity contribution is -0.0944. The Hall–Kier alpha value is -1.56. The van der Waals surface area contributed by atoms with Crippen LogP contribution in [-0.2, 0) is 6.54 Å². The van der Waals surface area contributed by atoms with Gasteiger partial charge in [-0.25, -0.2) is 4.98 Å². The zero-order chi connectivity index (χ0) is 14.8. The van der Waals surface area contributed by atoms with Crippen molar-refractivity contribution in [3.05, 3.63) is 35.0 Å². The maximum Gasteiger partial charge on any atom is 0.412 e. The zero-order valence-electron chi connectivity index (χ0n) is 11.6. The van der Waals surface area contributed by atoms with Crippen molar-refractivity contribution in [2.75, 3.05) is 25.0 Å². The highest BCUT2D eigenvalue weighted by atomic mass is 19.4. The first-order valence-corrected chi connectivity index (χ1v) is 6.53. The minimum atomic E-state index is -4.20. The second-order valence-corrected chi connectivity index (χ2v) is 4.93. The van der Waals surface area contributed by atoms with Crippen LogP contribution in [0.4, 0.5) is 19.0 Å². The van der Waals surface area contributed by atoms with Gasteiger partial charge in [-0.15, -0.1) is 0 Å². The van der Waals surface area contributed by atoms with Gasteiger partial charge in [0, 0.05) is 30.9 Å². The monoisotopic (exact) mass is 285 g/mol. The van der Waals surface area contributed by atoms with E-state index >= 15 is 0 Å². The predicted octanol–water partition coefficient (Wildman–Crippen LogP) is 2.81. The number of hydrogen-bond acceptors (Lipinski definition) is 3. The Balaban J connectivity index is 2.16. The first-order valence-electron chi connectivity index (χ1n) is 6.53. The molecule has 20 heavy (non-hydrogen) atoms. The van der Waals surface area contributed by atoms with E-state index in [1.54, 1.807) is 0 Å². The van der Waals surface area contributed by atoms with Gasteiger partial charge in [0.1, 0.15) is 5.82 Å². The smallest absolute Gasteiger partial charge is 0.353 e. The molecule has 2 heterocycles. The molecule has 0 spiro atoms. The van der Waals surface area contributed by atoms with Crippen LogP contribution in [0.25, 0.3) is 0 Å². The molecule has 0 saturated heterocycles. The molecule has 1 aromatic heterocycles. The van der Waals surface area contributed by atoms with Gasteiger partial charge in [-0.1, -0.05) is 6.08 Å². The fourth-order valence-electron chi connectivity index (χ4n) is 2.32. The van der Waals surface area contributed by atoms with E-state index in [0.29, 0.717) is 13.1 Å². The van der Waals surface area contributed by atoms with Gasteiger partial charge in [-0.3, -0.25) is 0 Å². The number of aromatic nitrogens is 1. The van der Waals surface area contributed by atoms with Crippen molar-refractivity contribution in [2.45, 2.75) is 26.1 Å². The van der Waals surface area contributed by atoms with E-state index in [-0.39, 0.29) is 13.0 Å². The van der Waals surface area contributed by atoms with Crippen LogP contribution in [0.1, 0.15) is 17.7 Å². The van der Waals surface area contributed by atoms with Crippen LogP contribution < -0.4 is 10.2 Å². The summed E-state index contributed by atoms with van der Waals surface area (Å²) in [5, 5.41) is 3.06. The average molecular weight is 285 g/mol. The third-order valence-corrected chi connectivity index (χ3v) is 3.28. The molecule has 6 heteroatoms. The summed E-state index contributed by atoms with van der Waals surface area (Å²) in [7, 11) is 1.86. The van der Waals surface area contributed by atoms with Gasteiger partial charge in [0.15, 0.2) is 0 Å². The number of hydrogen-bond donors (Lipinski definition) is 1. The van der Waals surface area contributed by atoms with E-state index in [2.05, 4.69) is 10.3 Å². The Kier molecular flexibility index (Phi) is 4.32. The van der Waals surface area contributed by atoms with Gasteiger partial charge in [-0.2, -0.15) is 13.2 Å². The number of nitrogens with one attached hydrogen (secondary N) is 1. The highest BCUT2D eigenvalue weighted by molar-refractivity contribution is 5.45. The van der Waals surface area contributed by atoms with E-state index in [0.717, 1.165) is 17.1 Å². The summed E-state index contributed by atoms with van der Waals surface area (Å²) in [5.41, 5.74) is 1.52. The normalized spacial score (nSPS) is 16.2. The lowest BCUT2D eigenvalue weighted by Crippen LogP contribution is -2.32. The number of anilines is 1. The highest BCUT2D eigenvalue weighted by Crippen LogP contribution is 2.31. The van der Waals surface area contributed by atoms with Gasteiger partial charge in [0.25, 0.3) is 0 Å². The Labute approximate surface area is 116 Å². The lowest BCUT2D eigenvalue weighted by Gasteiger charge is -2.28. The number of rotatable bonds is 3. The van der Waals surface area contributed by atoms with Crippen molar-refractivity contribution in [3.8, 4) is 0 Å². The summed E-state index contributed by atoms with van der Waals surface area (Å²) >= 11 is 0. The summed E-state index contributed by atoms with van der Waals surface area (Å²) in [5.74, 6) is 0.743. The summed E-state index contributed by atoms with van der Waals surface area (Å²) in [6.07, 6.45) is -2.94. The first kappa shape index (κ1) is 14.8. The molecule has 0 radical (unpaired) electrons. The number of alkyl halides is 3. The molecule has 0 bridgehead atoms. The Morgan fingerprint density at radius 2 is 2.10 bits per heavy atom. The SMILES string of the molecule is CNCc1cc(C)nc(N2CC=C(C(F)(F)F)CC2)c1. The van der Waals surface area contributed by atoms with Crippen LogP contribution in [0.2, 0.25) is 0 Å². The van der Waals surface area contributed by atoms with Crippen LogP contribution in [-0.4, -0.2) is 31.3 Å². The number of nitrogens with zero attached hydrogens (tertiary/aromatic N) is 2. The molecule has 0 unspecified atom stereocenters. The fraction of sp³-hybridized carbons (Fsp3) is 0.500. The standard InChI is InChI=1S/C14H18F3N3/c1-10-7-11(9-18-2)8-13(19-10)20-5-3-12(4-6-20)14(15,16)17/h3,7-8,18H,4-6,9H2,1-2H3. The second kappa shape index (κ2) is 5.83. The summed E-state index contributed by atoms with van der Waals surface area (Å²) in [4.78, 5) is 6.29. The molecular weight excluding hydrogens is 267 g/mol. The Morgan fingerprint density at radius 3 is 2.65 bits per heavy atom. The van der Waals surface area contributed by atoms with Crippen molar-refractivity contribution in [2.24, 2.45) is 0 Å². The molecule has 1 N–H and O–H groups in total. The molecule has 0 fully saturated rings. The van der Waals surface area contributed by atoms with Gasteiger partial charge < -0.3 is 10.2 Å². The van der Waals surface area contributed by atoms with E-state index in [1.807, 2.05) is 31.0 Å². The number of aryl methyl sites for hydroxylation is 1. The first-order chi connectivity index (χ1) is 9.40. The van der Waals surface area contributed by atoms with Gasteiger partial charge >= 0.3 is 6.18 Å². The van der Waals surface area contributed by atoms with Gasteiger partial charge in [0.2, 0.25) is 0 Å². The minimum absolute atomic E-state index is 0.0144. The summed E-state index contributed by atoms with van der Waals surface area (Å²) in [6, 6.07) is 3.90. The molecule has 0 saturated carbocycles. The molecule has 110 valence electrons. The van der Waals surface area contributed by atoms with E-state index in [4.69, 9.17) is 0 Å². The van der Waals surface area contributed by atoms with Crippen LogP contribution in [0.15, 0.2) is 23.8 Å². The van der Waals surface area contributed by atoms with E-state index in [9.17, 15) is 13.2 Å². The fourth-order valence-corrected chi connectivity index (χ4v) is 2.32. The van der Waals surface area contributed by atoms with Crippen molar-refractivity contribution < 1.29 is 13.2 Å². The third-order valence-electron chi connectivity index (χ3n) is 3.28. The lowest BCUT2D eigenvalue weighted by atomic mass is 10.1. The van der Waals surface area contributed by atoms with Crippen LogP contribution >= 0.6 is 0 Å². The van der Waals surface area contributed by atoms with Gasteiger partial charge in [-0.05, 0) is 38.1 Å². The zero-order valence-corrected chi connectivity index (χ0v) is 11.6. The molecular formula is C14H18F3N3. The highest BCUT2D eigenvalue weighted by Gasteiger charge is 2.34. The number of pyridine rings is 1. The summed E-state index contributed by atoms with van der Waals surface area (Å²) < 4.78 is 37.8. The second-order valence-electron chi connectivity index (χ2n) is 4.93. The topological polar surface area (TPSA) is 28.2 Å². The molecule has 0 aromatic carbocycles. The van der Waals surface area contributed by atoms with Crippen molar-refractivity contribution >= 4 is 5.82 Å². The average Bonchev–Trinajstić information content (AvgIpc) is 2.37. The molecule has 3 nitrogen and oxygen atoms in total. The molecule has 0 amide bonds. The predicted molar refractivity (Wildman–Crippen MR) is 72.7 cm³/mol. The van der Waals surface area contributed by atoms with E-state index < -0.39 is 11.7 Å². The summed E-state index contributed by atoms with van der Waals surface area (Å²) in [6.45, 7) is 3.21. The molecule has 1 aliphatic rings. The van der Waals surface area contributed by atoms with Crippen molar-refractivity contribution in [3.63, 3.8) is 0 Å². The largest absolute Gasteiger partial charge is 0.412 e. The molecule has 0 aliphatic carbocycles. The van der Waals surface area contributed by atoms with E-state index in [1.165, 1.54) is 6.08 Å². The van der Waals surface area contributed by atoms with Crippen LogP contribution in [0.5, 0.6) is 0 Å². The quantitative estimate of drug-likeness (QED) is 0.866. The molecule has 0 atom stereocenters. The van der Waals surface area contributed by atoms with Crippen molar-refractivity contribution in [1.29, 1.82) is 0 Å². The maximum absolute atomic E-state index is 12.6. The van der Waals surface area contributed by atoms with Gasteiger partial charge in [0.05, 0.1) is 0 Å². The Morgan fingerprint density at radius 1 is 1.35 bits per heavy atom. The molecule has 2 rings (SSSR count). The van der Waals surface area contributed by atoms with Crippen LogP contribution in [0, 0.1) is 6.92 Å². The third kappa shape index (κ3) is 3.50. The maximum atomic E-state index is 12.6. The Bertz CT molecular complexity index is 509. The van der Waals surface area contributed by atoms with Crippen LogP contribution in [0.3, 0.4) is 0 Å². The molecule has 1 aliphatic heterocycles. The number of halogens is 3. The minimum Gasteiger partial charge on any atom is -0.353 e.